The summed E-state index contributed by atoms with van der Waals surface area (Å²) in [5.41, 5.74) is 1.83. The normalized spacial score (nSPS) is 16.9. The molecule has 27 heavy (non-hydrogen) atoms. The third-order valence-corrected chi connectivity index (χ3v) is 5.70. The monoisotopic (exact) mass is 387 g/mol. The van der Waals surface area contributed by atoms with E-state index in [2.05, 4.69) is 10.3 Å². The van der Waals surface area contributed by atoms with Crippen molar-refractivity contribution in [3.8, 4) is 17.0 Å². The van der Waals surface area contributed by atoms with Crippen molar-refractivity contribution in [3.05, 3.63) is 29.1 Å². The van der Waals surface area contributed by atoms with Gasteiger partial charge in [0.25, 0.3) is 0 Å². The summed E-state index contributed by atoms with van der Waals surface area (Å²) in [6.45, 7) is 4.47. The number of carbonyl (C=O) groups excluding carboxylic acids is 2. The molecule has 0 bridgehead atoms. The zero-order valence-electron chi connectivity index (χ0n) is 15.9. The highest BCUT2D eigenvalue weighted by molar-refractivity contribution is 7.16. The number of ether oxygens (including phenoxy) is 1. The smallest absolute Gasteiger partial charge is 0.248 e. The van der Waals surface area contributed by atoms with E-state index in [1.165, 1.54) is 11.3 Å². The Morgan fingerprint density at radius 2 is 2.04 bits per heavy atom. The van der Waals surface area contributed by atoms with E-state index < -0.39 is 6.04 Å². The van der Waals surface area contributed by atoms with Gasteiger partial charge in [-0.1, -0.05) is 6.92 Å². The lowest BCUT2D eigenvalue weighted by atomic mass is 10.0. The Labute approximate surface area is 163 Å². The van der Waals surface area contributed by atoms with E-state index in [1.807, 2.05) is 38.1 Å². The SMILES string of the molecule is CCC(=O)N1CCCCC1C(=O)Nc1nc(-c2ccc(OC)cc2)c(C)s1. The zero-order valence-corrected chi connectivity index (χ0v) is 16.8. The van der Waals surface area contributed by atoms with Crippen LogP contribution in [0.25, 0.3) is 11.3 Å². The molecule has 0 radical (unpaired) electrons. The number of aromatic nitrogens is 1. The van der Waals surface area contributed by atoms with Crippen molar-refractivity contribution in [3.63, 3.8) is 0 Å². The van der Waals surface area contributed by atoms with Crippen LogP contribution in [0.1, 0.15) is 37.5 Å². The number of amides is 2. The highest BCUT2D eigenvalue weighted by atomic mass is 32.1. The van der Waals surface area contributed by atoms with Gasteiger partial charge in [-0.25, -0.2) is 4.98 Å². The lowest BCUT2D eigenvalue weighted by molar-refractivity contribution is -0.140. The first-order chi connectivity index (χ1) is 13.0. The van der Waals surface area contributed by atoms with Crippen molar-refractivity contribution in [2.45, 2.75) is 45.6 Å². The van der Waals surface area contributed by atoms with Crippen molar-refractivity contribution < 1.29 is 14.3 Å². The number of hydrogen-bond acceptors (Lipinski definition) is 5. The van der Waals surface area contributed by atoms with E-state index >= 15 is 0 Å². The van der Waals surface area contributed by atoms with Gasteiger partial charge in [0.15, 0.2) is 5.13 Å². The summed E-state index contributed by atoms with van der Waals surface area (Å²) >= 11 is 1.45. The molecular weight excluding hydrogens is 362 g/mol. The van der Waals surface area contributed by atoms with Gasteiger partial charge in [-0.15, -0.1) is 11.3 Å². The number of thiazole rings is 1. The lowest BCUT2D eigenvalue weighted by Gasteiger charge is -2.34. The van der Waals surface area contributed by atoms with Crippen LogP contribution in [0.3, 0.4) is 0 Å². The minimum atomic E-state index is -0.403. The van der Waals surface area contributed by atoms with Crippen molar-refractivity contribution in [2.75, 3.05) is 19.0 Å². The molecule has 1 aliphatic heterocycles. The molecule has 6 nitrogen and oxygen atoms in total. The number of likely N-dealkylation sites (tertiary alicyclic amines) is 1. The second kappa shape index (κ2) is 8.52. The number of hydrogen-bond donors (Lipinski definition) is 1. The van der Waals surface area contributed by atoms with Gasteiger partial charge in [-0.05, 0) is 50.5 Å². The number of benzene rings is 1. The first kappa shape index (κ1) is 19.4. The van der Waals surface area contributed by atoms with E-state index in [0.717, 1.165) is 34.7 Å². The Bertz CT molecular complexity index is 816. The molecule has 1 unspecified atom stereocenters. The van der Waals surface area contributed by atoms with Crippen LogP contribution in [0.5, 0.6) is 5.75 Å². The number of nitrogens with zero attached hydrogens (tertiary/aromatic N) is 2. The molecule has 1 aromatic heterocycles. The summed E-state index contributed by atoms with van der Waals surface area (Å²) in [4.78, 5) is 32.3. The number of piperidine rings is 1. The molecule has 0 saturated carbocycles. The predicted octanol–water partition coefficient (Wildman–Crippen LogP) is 3.86. The van der Waals surface area contributed by atoms with E-state index in [9.17, 15) is 9.59 Å². The Balaban J connectivity index is 1.75. The first-order valence-electron chi connectivity index (χ1n) is 9.25. The van der Waals surface area contributed by atoms with Gasteiger partial charge >= 0.3 is 0 Å². The topological polar surface area (TPSA) is 71.5 Å². The van der Waals surface area contributed by atoms with Gasteiger partial charge in [-0.2, -0.15) is 0 Å². The van der Waals surface area contributed by atoms with E-state index in [1.54, 1.807) is 12.0 Å². The van der Waals surface area contributed by atoms with Gasteiger partial charge in [0.2, 0.25) is 11.8 Å². The molecular formula is C20H25N3O3S. The van der Waals surface area contributed by atoms with Crippen LogP contribution in [0.4, 0.5) is 5.13 Å². The predicted molar refractivity (Wildman–Crippen MR) is 107 cm³/mol. The van der Waals surface area contributed by atoms with E-state index in [0.29, 0.717) is 24.5 Å². The maximum absolute atomic E-state index is 12.8. The van der Waals surface area contributed by atoms with Crippen LogP contribution < -0.4 is 10.1 Å². The number of rotatable bonds is 5. The number of carbonyl (C=O) groups is 2. The van der Waals surface area contributed by atoms with Gasteiger partial charge in [0.1, 0.15) is 11.8 Å². The number of methoxy groups -OCH3 is 1. The highest BCUT2D eigenvalue weighted by Gasteiger charge is 2.31. The summed E-state index contributed by atoms with van der Waals surface area (Å²) in [7, 11) is 1.63. The molecule has 1 saturated heterocycles. The molecule has 7 heteroatoms. The fraction of sp³-hybridized carbons (Fsp3) is 0.450. The van der Waals surface area contributed by atoms with Crippen LogP contribution in [0.15, 0.2) is 24.3 Å². The molecule has 1 N–H and O–H groups in total. The van der Waals surface area contributed by atoms with Crippen LogP contribution in [0, 0.1) is 6.92 Å². The second-order valence-corrected chi connectivity index (χ2v) is 7.80. The number of nitrogens with one attached hydrogen (secondary N) is 1. The summed E-state index contributed by atoms with van der Waals surface area (Å²) in [6.07, 6.45) is 3.03. The van der Waals surface area contributed by atoms with Gasteiger partial charge in [-0.3, -0.25) is 9.59 Å². The van der Waals surface area contributed by atoms with Crippen LogP contribution >= 0.6 is 11.3 Å². The standard InChI is InChI=1S/C20H25N3O3S/c1-4-17(24)23-12-6-5-7-16(23)19(25)22-20-21-18(13(2)27-20)14-8-10-15(26-3)11-9-14/h8-11,16H,4-7,12H2,1-3H3,(H,21,22,25). The number of anilines is 1. The summed E-state index contributed by atoms with van der Waals surface area (Å²) in [5.74, 6) is 0.675. The zero-order chi connectivity index (χ0) is 19.4. The molecule has 144 valence electrons. The highest BCUT2D eigenvalue weighted by Crippen LogP contribution is 2.31. The largest absolute Gasteiger partial charge is 0.497 e. The van der Waals surface area contributed by atoms with E-state index in [4.69, 9.17) is 4.74 Å². The quantitative estimate of drug-likeness (QED) is 0.846. The molecule has 1 aliphatic rings. The number of aryl methyl sites for hydroxylation is 1. The van der Waals surface area contributed by atoms with Gasteiger partial charge in [0, 0.05) is 23.4 Å². The van der Waals surface area contributed by atoms with Gasteiger partial charge in [0.05, 0.1) is 12.8 Å². The minimum Gasteiger partial charge on any atom is -0.497 e. The fourth-order valence-electron chi connectivity index (χ4n) is 3.36. The summed E-state index contributed by atoms with van der Waals surface area (Å²) in [5, 5.41) is 3.49. The Kier molecular flexibility index (Phi) is 6.11. The van der Waals surface area contributed by atoms with Crippen molar-refractivity contribution >= 4 is 28.3 Å². The average Bonchev–Trinajstić information content (AvgIpc) is 3.07. The van der Waals surface area contributed by atoms with Gasteiger partial charge < -0.3 is 15.0 Å². The molecule has 2 aromatic rings. The molecule has 2 heterocycles. The minimum absolute atomic E-state index is 0.0316. The Morgan fingerprint density at radius 1 is 1.30 bits per heavy atom. The van der Waals surface area contributed by atoms with Crippen molar-refractivity contribution in [1.82, 2.24) is 9.88 Å². The Morgan fingerprint density at radius 3 is 2.70 bits per heavy atom. The molecule has 1 fully saturated rings. The van der Waals surface area contributed by atoms with Crippen molar-refractivity contribution in [1.29, 1.82) is 0 Å². The van der Waals surface area contributed by atoms with Crippen LogP contribution in [-0.2, 0) is 9.59 Å². The van der Waals surface area contributed by atoms with E-state index in [-0.39, 0.29) is 11.8 Å². The molecule has 0 aliphatic carbocycles. The third-order valence-electron chi connectivity index (χ3n) is 4.82. The third kappa shape index (κ3) is 4.30. The summed E-state index contributed by atoms with van der Waals surface area (Å²) < 4.78 is 5.19. The maximum Gasteiger partial charge on any atom is 0.248 e. The summed E-state index contributed by atoms with van der Waals surface area (Å²) in [6, 6.07) is 7.29. The molecule has 1 atom stereocenters. The van der Waals surface area contributed by atoms with Crippen molar-refractivity contribution in [2.24, 2.45) is 0 Å². The Hall–Kier alpha value is -2.41. The van der Waals surface area contributed by atoms with Crippen LogP contribution in [0.2, 0.25) is 0 Å². The molecule has 2 amide bonds. The fourth-order valence-corrected chi connectivity index (χ4v) is 4.20. The molecule has 3 rings (SSSR count). The van der Waals surface area contributed by atoms with Crippen LogP contribution in [-0.4, -0.2) is 41.4 Å². The molecule has 0 spiro atoms. The second-order valence-electron chi connectivity index (χ2n) is 6.59. The average molecular weight is 388 g/mol. The first-order valence-corrected chi connectivity index (χ1v) is 10.1. The molecule has 1 aromatic carbocycles. The maximum atomic E-state index is 12.8. The lowest BCUT2D eigenvalue weighted by Crippen LogP contribution is -2.49.